The number of nitrogens with zero attached hydrogens (tertiary/aromatic N) is 5. The van der Waals surface area contributed by atoms with Gasteiger partial charge in [-0.15, -0.1) is 10.2 Å². The summed E-state index contributed by atoms with van der Waals surface area (Å²) in [6, 6.07) is 9.12. The van der Waals surface area contributed by atoms with Gasteiger partial charge in [0.1, 0.15) is 5.52 Å². The van der Waals surface area contributed by atoms with Crippen molar-refractivity contribution in [3.8, 4) is 11.1 Å². The maximum atomic E-state index is 12.8. The topological polar surface area (TPSA) is 94.2 Å². The number of rotatable bonds is 4. The van der Waals surface area contributed by atoms with Crippen LogP contribution < -0.4 is 11.0 Å². The first-order chi connectivity index (χ1) is 13.9. The minimum Gasteiger partial charge on any atom is -0.273 e. The summed E-state index contributed by atoms with van der Waals surface area (Å²) in [4.78, 5) is 24.7. The summed E-state index contributed by atoms with van der Waals surface area (Å²) < 4.78 is 2.75. The number of fused-ring (bicyclic) bond motifs is 3. The Morgan fingerprint density at radius 3 is 2.55 bits per heavy atom. The third-order valence-electron chi connectivity index (χ3n) is 4.67. The number of amides is 1. The molecule has 0 aliphatic heterocycles. The van der Waals surface area contributed by atoms with Crippen molar-refractivity contribution in [2.75, 3.05) is 5.43 Å². The zero-order valence-electron chi connectivity index (χ0n) is 16.2. The number of carbonyl (C=O) groups is 1. The summed E-state index contributed by atoms with van der Waals surface area (Å²) >= 11 is 6.01. The second-order valence-corrected chi connectivity index (χ2v) is 7.41. The number of aromatic nitrogens is 5. The van der Waals surface area contributed by atoms with E-state index in [9.17, 15) is 9.59 Å². The van der Waals surface area contributed by atoms with E-state index in [0.29, 0.717) is 22.6 Å². The normalized spacial score (nSPS) is 11.5. The molecule has 3 heterocycles. The highest BCUT2D eigenvalue weighted by Gasteiger charge is 2.19. The lowest BCUT2D eigenvalue weighted by Gasteiger charge is -2.10. The molecular weight excluding hydrogens is 392 g/mol. The number of pyridine rings is 1. The molecule has 1 N–H and O–H groups in total. The second-order valence-electron chi connectivity index (χ2n) is 6.97. The Balaban J connectivity index is 1.93. The molecule has 0 bridgehead atoms. The highest BCUT2D eigenvalue weighted by atomic mass is 35.5. The van der Waals surface area contributed by atoms with E-state index in [-0.39, 0.29) is 17.3 Å². The summed E-state index contributed by atoms with van der Waals surface area (Å²) in [7, 11) is 0. The molecule has 0 saturated heterocycles. The summed E-state index contributed by atoms with van der Waals surface area (Å²) in [5.41, 5.74) is 5.92. The van der Waals surface area contributed by atoms with Gasteiger partial charge < -0.3 is 0 Å². The molecule has 0 spiro atoms. The average molecular weight is 411 g/mol. The zero-order valence-corrected chi connectivity index (χ0v) is 16.9. The second kappa shape index (κ2) is 7.29. The highest BCUT2D eigenvalue weighted by molar-refractivity contribution is 6.30. The van der Waals surface area contributed by atoms with Crippen molar-refractivity contribution < 1.29 is 4.79 Å². The molecule has 148 valence electrons. The van der Waals surface area contributed by atoms with Crippen LogP contribution in [0.4, 0.5) is 0 Å². The van der Waals surface area contributed by atoms with E-state index in [0.717, 1.165) is 21.5 Å². The van der Waals surface area contributed by atoms with E-state index in [1.165, 1.54) is 6.20 Å². The van der Waals surface area contributed by atoms with Crippen LogP contribution >= 0.6 is 11.6 Å². The summed E-state index contributed by atoms with van der Waals surface area (Å²) in [5.74, 6) is -0.524. The average Bonchev–Trinajstić information content (AvgIpc) is 3.09. The van der Waals surface area contributed by atoms with Crippen LogP contribution in [0.2, 0.25) is 5.02 Å². The van der Waals surface area contributed by atoms with Crippen molar-refractivity contribution in [2.24, 2.45) is 5.92 Å². The number of hydrogen-bond acceptors (Lipinski definition) is 5. The number of aryl methyl sites for hydroxylation is 1. The molecule has 0 radical (unpaired) electrons. The molecule has 29 heavy (non-hydrogen) atoms. The Labute approximate surface area is 171 Å². The molecule has 1 amide bonds. The minimum absolute atomic E-state index is 0.122. The molecule has 4 rings (SSSR count). The fraction of sp³-hybridized carbons (Fsp3) is 0.250. The van der Waals surface area contributed by atoms with Gasteiger partial charge in [-0.05, 0) is 30.2 Å². The van der Waals surface area contributed by atoms with Crippen LogP contribution in [0.15, 0.2) is 41.3 Å². The molecule has 0 fully saturated rings. The van der Waals surface area contributed by atoms with Gasteiger partial charge in [0, 0.05) is 17.1 Å². The number of carbonyl (C=O) groups excluding carboxylic acids is 1. The number of hydrogen-bond donors (Lipinski definition) is 1. The van der Waals surface area contributed by atoms with Crippen LogP contribution in [0.5, 0.6) is 0 Å². The van der Waals surface area contributed by atoms with E-state index in [4.69, 9.17) is 11.6 Å². The summed E-state index contributed by atoms with van der Waals surface area (Å²) in [6.07, 6.45) is 2.19. The van der Waals surface area contributed by atoms with Gasteiger partial charge in [-0.25, -0.2) is 9.19 Å². The number of halogens is 1. The molecule has 3 aromatic heterocycles. The predicted octanol–water partition coefficient (Wildman–Crippen LogP) is 3.05. The fourth-order valence-electron chi connectivity index (χ4n) is 3.09. The summed E-state index contributed by atoms with van der Waals surface area (Å²) in [5, 5.41) is 13.7. The predicted molar refractivity (Wildman–Crippen MR) is 112 cm³/mol. The largest absolute Gasteiger partial charge is 0.299 e. The maximum Gasteiger partial charge on any atom is 0.299 e. The van der Waals surface area contributed by atoms with Crippen molar-refractivity contribution in [1.29, 1.82) is 0 Å². The standard InChI is InChI=1S/C20H19ClN6O2/c1-4-14-16(12-5-7-13(21)8-6-12)18-23-22-17-15(27(18)24-14)9-10-26(20(17)29)25-19(28)11(2)3/h5-11H,4H2,1-3H3,(H,25,28). The molecule has 0 aliphatic rings. The van der Waals surface area contributed by atoms with Crippen LogP contribution in [-0.2, 0) is 11.2 Å². The van der Waals surface area contributed by atoms with Crippen LogP contribution in [-0.4, -0.2) is 30.4 Å². The Bertz CT molecular complexity index is 1290. The molecule has 0 saturated carbocycles. The van der Waals surface area contributed by atoms with Crippen molar-refractivity contribution in [3.63, 3.8) is 0 Å². The van der Waals surface area contributed by atoms with Gasteiger partial charge in [-0.3, -0.25) is 15.0 Å². The van der Waals surface area contributed by atoms with Gasteiger partial charge in [0.2, 0.25) is 5.91 Å². The molecule has 0 aliphatic carbocycles. The van der Waals surface area contributed by atoms with E-state index in [2.05, 4.69) is 20.7 Å². The molecule has 0 unspecified atom stereocenters. The Morgan fingerprint density at radius 2 is 1.90 bits per heavy atom. The molecule has 4 aromatic rings. The van der Waals surface area contributed by atoms with Crippen molar-refractivity contribution in [2.45, 2.75) is 27.2 Å². The van der Waals surface area contributed by atoms with E-state index >= 15 is 0 Å². The Morgan fingerprint density at radius 1 is 1.17 bits per heavy atom. The number of nitrogens with one attached hydrogen (secondary N) is 1. The first kappa shape index (κ1) is 19.1. The van der Waals surface area contributed by atoms with Crippen molar-refractivity contribution in [3.05, 3.63) is 57.6 Å². The minimum atomic E-state index is -0.465. The molecule has 0 atom stereocenters. The molecule has 9 heteroatoms. The monoisotopic (exact) mass is 410 g/mol. The fourth-order valence-corrected chi connectivity index (χ4v) is 3.21. The Hall–Kier alpha value is -3.26. The maximum absolute atomic E-state index is 12.8. The molecule has 1 aromatic carbocycles. The highest BCUT2D eigenvalue weighted by Crippen LogP contribution is 2.29. The number of benzene rings is 1. The van der Waals surface area contributed by atoms with E-state index in [1.54, 1.807) is 24.4 Å². The van der Waals surface area contributed by atoms with Gasteiger partial charge in [0.05, 0.1) is 11.3 Å². The quantitative estimate of drug-likeness (QED) is 0.558. The SMILES string of the molecule is CCc1nn2c(nnc3c(=O)n(NC(=O)C(C)C)ccc32)c1-c1ccc(Cl)cc1. The van der Waals surface area contributed by atoms with E-state index in [1.807, 2.05) is 31.2 Å². The lowest BCUT2D eigenvalue weighted by molar-refractivity contribution is -0.119. The van der Waals surface area contributed by atoms with Gasteiger partial charge >= 0.3 is 0 Å². The van der Waals surface area contributed by atoms with E-state index < -0.39 is 5.56 Å². The van der Waals surface area contributed by atoms with Gasteiger partial charge in [0.15, 0.2) is 11.2 Å². The smallest absolute Gasteiger partial charge is 0.273 e. The molecule has 8 nitrogen and oxygen atoms in total. The van der Waals surface area contributed by atoms with Crippen LogP contribution in [0.3, 0.4) is 0 Å². The van der Waals surface area contributed by atoms with Crippen LogP contribution in [0.1, 0.15) is 26.5 Å². The first-order valence-corrected chi connectivity index (χ1v) is 9.65. The van der Waals surface area contributed by atoms with Gasteiger partial charge in [-0.1, -0.05) is 44.5 Å². The van der Waals surface area contributed by atoms with Crippen LogP contribution in [0.25, 0.3) is 27.8 Å². The zero-order chi connectivity index (χ0) is 20.7. The third-order valence-corrected chi connectivity index (χ3v) is 4.93. The summed E-state index contributed by atoms with van der Waals surface area (Å²) in [6.45, 7) is 5.50. The van der Waals surface area contributed by atoms with Crippen molar-refractivity contribution in [1.82, 2.24) is 24.5 Å². The first-order valence-electron chi connectivity index (χ1n) is 9.27. The van der Waals surface area contributed by atoms with Gasteiger partial charge in [-0.2, -0.15) is 5.10 Å². The van der Waals surface area contributed by atoms with Crippen molar-refractivity contribution >= 4 is 34.2 Å². The van der Waals surface area contributed by atoms with Crippen LogP contribution in [0, 0.1) is 5.92 Å². The van der Waals surface area contributed by atoms with Gasteiger partial charge in [0.25, 0.3) is 5.56 Å². The lowest BCUT2D eigenvalue weighted by Crippen LogP contribution is -2.35. The molecular formula is C20H19ClN6O2. The third kappa shape index (κ3) is 3.25. The Kier molecular flexibility index (Phi) is 4.79. The lowest BCUT2D eigenvalue weighted by atomic mass is 10.0.